The molecular formula is C29H32ClN3O3. The van der Waals surface area contributed by atoms with Crippen molar-refractivity contribution in [3.8, 4) is 5.75 Å². The van der Waals surface area contributed by atoms with Gasteiger partial charge in [0.15, 0.2) is 0 Å². The Kier molecular flexibility index (Phi) is 8.49. The zero-order valence-electron chi connectivity index (χ0n) is 20.8. The van der Waals surface area contributed by atoms with E-state index in [1.165, 1.54) is 0 Å². The Bertz CT molecular complexity index is 1200. The summed E-state index contributed by atoms with van der Waals surface area (Å²) in [5.74, 6) is 0.618. The van der Waals surface area contributed by atoms with E-state index in [-0.39, 0.29) is 11.8 Å². The molecule has 1 fully saturated rings. The number of halogens is 1. The largest absolute Gasteiger partial charge is 0.494 e. The van der Waals surface area contributed by atoms with Crippen molar-refractivity contribution in [2.24, 2.45) is 0 Å². The number of nitrogens with zero attached hydrogens (tertiary/aromatic N) is 2. The van der Waals surface area contributed by atoms with E-state index < -0.39 is 0 Å². The molecule has 1 saturated heterocycles. The smallest absolute Gasteiger partial charge is 0.255 e. The fraction of sp³-hybridized carbons (Fsp3) is 0.310. The van der Waals surface area contributed by atoms with Crippen LogP contribution in [0.5, 0.6) is 5.75 Å². The zero-order valence-corrected chi connectivity index (χ0v) is 21.6. The maximum atomic E-state index is 12.9. The average molecular weight is 506 g/mol. The normalized spacial score (nSPS) is 13.4. The first kappa shape index (κ1) is 25.6. The Labute approximate surface area is 217 Å². The number of carbonyl (C=O) groups excluding carboxylic acids is 2. The SMILES string of the molecule is CCCCOc1ccc(C(=O)Nc2ccc(N3CCN(C(=O)c4ccccc4C)CC3)c(Cl)c2)cc1. The number of anilines is 2. The van der Waals surface area contributed by atoms with Gasteiger partial charge >= 0.3 is 0 Å². The molecule has 2 amide bonds. The number of ether oxygens (including phenoxy) is 1. The Balaban J connectivity index is 1.33. The number of benzene rings is 3. The molecule has 0 aromatic heterocycles. The van der Waals surface area contributed by atoms with Gasteiger partial charge in [0, 0.05) is 43.0 Å². The molecule has 1 aliphatic heterocycles. The predicted octanol–water partition coefficient (Wildman–Crippen LogP) is 6.04. The van der Waals surface area contributed by atoms with E-state index in [2.05, 4.69) is 17.1 Å². The molecule has 0 unspecified atom stereocenters. The van der Waals surface area contributed by atoms with Gasteiger partial charge in [-0.05, 0) is 67.4 Å². The molecule has 0 saturated carbocycles. The van der Waals surface area contributed by atoms with E-state index in [0.717, 1.165) is 35.4 Å². The van der Waals surface area contributed by atoms with Crippen LogP contribution in [-0.2, 0) is 0 Å². The van der Waals surface area contributed by atoms with E-state index in [1.54, 1.807) is 18.2 Å². The number of unbranched alkanes of at least 4 members (excludes halogenated alkanes) is 1. The van der Waals surface area contributed by atoms with Crippen LogP contribution in [-0.4, -0.2) is 49.5 Å². The Hall–Kier alpha value is -3.51. The first-order valence-electron chi connectivity index (χ1n) is 12.4. The standard InChI is InChI=1S/C29H32ClN3O3/c1-3-4-19-36-24-12-9-22(10-13-24)28(34)31-23-11-14-27(26(30)20-23)32-15-17-33(18-16-32)29(35)25-8-6-5-7-21(25)2/h5-14,20H,3-4,15-19H2,1-2H3,(H,31,34). The molecular weight excluding hydrogens is 474 g/mol. The number of hydrogen-bond acceptors (Lipinski definition) is 4. The molecule has 0 bridgehead atoms. The average Bonchev–Trinajstić information content (AvgIpc) is 2.89. The molecule has 7 heteroatoms. The summed E-state index contributed by atoms with van der Waals surface area (Å²) in [6.45, 7) is 7.38. The molecule has 0 spiro atoms. The van der Waals surface area contributed by atoms with Gasteiger partial charge in [-0.2, -0.15) is 0 Å². The third-order valence-corrected chi connectivity index (χ3v) is 6.67. The summed E-state index contributed by atoms with van der Waals surface area (Å²) in [6, 6.07) is 20.3. The summed E-state index contributed by atoms with van der Waals surface area (Å²) < 4.78 is 5.66. The minimum absolute atomic E-state index is 0.0671. The molecule has 0 aliphatic carbocycles. The van der Waals surface area contributed by atoms with Gasteiger partial charge in [0.25, 0.3) is 11.8 Å². The second-order valence-corrected chi connectivity index (χ2v) is 9.35. The van der Waals surface area contributed by atoms with E-state index in [0.29, 0.717) is 49.1 Å². The van der Waals surface area contributed by atoms with E-state index in [4.69, 9.17) is 16.3 Å². The van der Waals surface area contributed by atoms with Gasteiger partial charge in [0.2, 0.25) is 0 Å². The van der Waals surface area contributed by atoms with Gasteiger partial charge in [0.1, 0.15) is 5.75 Å². The van der Waals surface area contributed by atoms with Crippen molar-refractivity contribution in [1.82, 2.24) is 4.90 Å². The van der Waals surface area contributed by atoms with E-state index in [9.17, 15) is 9.59 Å². The highest BCUT2D eigenvalue weighted by Gasteiger charge is 2.24. The predicted molar refractivity (Wildman–Crippen MR) is 146 cm³/mol. The highest BCUT2D eigenvalue weighted by molar-refractivity contribution is 6.33. The molecule has 0 radical (unpaired) electrons. The van der Waals surface area contributed by atoms with Gasteiger partial charge in [-0.25, -0.2) is 0 Å². The van der Waals surface area contributed by atoms with Crippen molar-refractivity contribution in [3.05, 3.63) is 88.4 Å². The molecule has 1 aliphatic rings. The van der Waals surface area contributed by atoms with Crippen molar-refractivity contribution in [2.75, 3.05) is 43.0 Å². The fourth-order valence-electron chi connectivity index (χ4n) is 4.21. The van der Waals surface area contributed by atoms with Gasteiger partial charge in [-0.15, -0.1) is 0 Å². The molecule has 36 heavy (non-hydrogen) atoms. The highest BCUT2D eigenvalue weighted by Crippen LogP contribution is 2.30. The van der Waals surface area contributed by atoms with Crippen LogP contribution in [0.15, 0.2) is 66.7 Å². The fourth-order valence-corrected chi connectivity index (χ4v) is 4.51. The van der Waals surface area contributed by atoms with Gasteiger partial charge in [-0.3, -0.25) is 9.59 Å². The molecule has 1 N–H and O–H groups in total. The third-order valence-electron chi connectivity index (χ3n) is 6.37. The van der Waals surface area contributed by atoms with Crippen LogP contribution in [0.1, 0.15) is 46.0 Å². The van der Waals surface area contributed by atoms with Crippen molar-refractivity contribution < 1.29 is 14.3 Å². The molecule has 4 rings (SSSR count). The zero-order chi connectivity index (χ0) is 25.5. The molecule has 188 valence electrons. The Morgan fingerprint density at radius 1 is 0.972 bits per heavy atom. The number of rotatable bonds is 8. The summed E-state index contributed by atoms with van der Waals surface area (Å²) in [6.07, 6.45) is 2.08. The minimum atomic E-state index is -0.206. The topological polar surface area (TPSA) is 61.9 Å². The lowest BCUT2D eigenvalue weighted by Gasteiger charge is -2.36. The number of nitrogens with one attached hydrogen (secondary N) is 1. The summed E-state index contributed by atoms with van der Waals surface area (Å²) in [5.41, 5.74) is 3.81. The van der Waals surface area contributed by atoms with Crippen molar-refractivity contribution in [3.63, 3.8) is 0 Å². The van der Waals surface area contributed by atoms with Gasteiger partial charge in [-0.1, -0.05) is 43.1 Å². The molecule has 6 nitrogen and oxygen atoms in total. The van der Waals surface area contributed by atoms with Crippen LogP contribution >= 0.6 is 11.6 Å². The molecule has 3 aromatic rings. The number of aryl methyl sites for hydroxylation is 1. The molecule has 1 heterocycles. The van der Waals surface area contributed by atoms with Crippen molar-refractivity contribution in [1.29, 1.82) is 0 Å². The van der Waals surface area contributed by atoms with Crippen molar-refractivity contribution >= 4 is 34.8 Å². The van der Waals surface area contributed by atoms with Crippen LogP contribution in [0.4, 0.5) is 11.4 Å². The van der Waals surface area contributed by atoms with Crippen LogP contribution < -0.4 is 15.0 Å². The summed E-state index contributed by atoms with van der Waals surface area (Å²) in [5, 5.41) is 3.47. The second kappa shape index (κ2) is 12.0. The number of amides is 2. The maximum absolute atomic E-state index is 12.9. The number of piperazine rings is 1. The number of carbonyl (C=O) groups is 2. The van der Waals surface area contributed by atoms with Crippen LogP contribution in [0.2, 0.25) is 5.02 Å². The summed E-state index contributed by atoms with van der Waals surface area (Å²) in [7, 11) is 0. The van der Waals surface area contributed by atoms with E-state index in [1.807, 2.05) is 60.4 Å². The quantitative estimate of drug-likeness (QED) is 0.379. The van der Waals surface area contributed by atoms with Crippen LogP contribution in [0, 0.1) is 6.92 Å². The first-order valence-corrected chi connectivity index (χ1v) is 12.8. The van der Waals surface area contributed by atoms with Crippen LogP contribution in [0.3, 0.4) is 0 Å². The lowest BCUT2D eigenvalue weighted by Crippen LogP contribution is -2.49. The first-order chi connectivity index (χ1) is 17.5. The summed E-state index contributed by atoms with van der Waals surface area (Å²) in [4.78, 5) is 29.7. The van der Waals surface area contributed by atoms with Gasteiger partial charge < -0.3 is 19.9 Å². The molecule has 3 aromatic carbocycles. The van der Waals surface area contributed by atoms with Gasteiger partial charge in [0.05, 0.1) is 17.3 Å². The highest BCUT2D eigenvalue weighted by atomic mass is 35.5. The lowest BCUT2D eigenvalue weighted by molar-refractivity contribution is 0.0746. The van der Waals surface area contributed by atoms with E-state index >= 15 is 0 Å². The second-order valence-electron chi connectivity index (χ2n) is 8.94. The minimum Gasteiger partial charge on any atom is -0.494 e. The van der Waals surface area contributed by atoms with Crippen molar-refractivity contribution in [2.45, 2.75) is 26.7 Å². The maximum Gasteiger partial charge on any atom is 0.255 e. The third kappa shape index (κ3) is 6.18. The molecule has 0 atom stereocenters. The lowest BCUT2D eigenvalue weighted by atomic mass is 10.1. The number of hydrogen-bond donors (Lipinski definition) is 1. The Morgan fingerprint density at radius 2 is 1.69 bits per heavy atom. The Morgan fingerprint density at radius 3 is 2.36 bits per heavy atom. The van der Waals surface area contributed by atoms with Crippen LogP contribution in [0.25, 0.3) is 0 Å². The summed E-state index contributed by atoms with van der Waals surface area (Å²) >= 11 is 6.60. The monoisotopic (exact) mass is 505 g/mol.